The molecule has 0 aliphatic rings. The third-order valence-electron chi connectivity index (χ3n) is 5.58. The van der Waals surface area contributed by atoms with Gasteiger partial charge < -0.3 is 19.8 Å². The predicted octanol–water partition coefficient (Wildman–Crippen LogP) is 6.27. The maximum atomic E-state index is 13.1. The SMILES string of the molecule is CC(C)(C)NCCCOc1ccccc1C(OC(=O)c1ccccc1)c1cccc2[nH]ccc12. The molecule has 0 saturated carbocycles. The number of para-hydroxylation sites is 1. The van der Waals surface area contributed by atoms with Gasteiger partial charge in [-0.1, -0.05) is 48.5 Å². The number of carbonyl (C=O) groups is 1. The number of esters is 1. The normalized spacial score (nSPS) is 12.4. The highest BCUT2D eigenvalue weighted by Crippen LogP contribution is 2.37. The van der Waals surface area contributed by atoms with Crippen LogP contribution < -0.4 is 10.1 Å². The Morgan fingerprint density at radius 2 is 1.65 bits per heavy atom. The van der Waals surface area contributed by atoms with Crippen molar-refractivity contribution in [2.75, 3.05) is 13.2 Å². The lowest BCUT2D eigenvalue weighted by Crippen LogP contribution is -2.36. The first-order valence-corrected chi connectivity index (χ1v) is 11.7. The highest BCUT2D eigenvalue weighted by Gasteiger charge is 2.25. The number of hydrogen-bond donors (Lipinski definition) is 2. The van der Waals surface area contributed by atoms with E-state index in [4.69, 9.17) is 9.47 Å². The average molecular weight is 457 g/mol. The second kappa shape index (κ2) is 10.6. The quantitative estimate of drug-likeness (QED) is 0.230. The van der Waals surface area contributed by atoms with E-state index in [-0.39, 0.29) is 11.5 Å². The van der Waals surface area contributed by atoms with E-state index in [1.54, 1.807) is 12.1 Å². The zero-order valence-electron chi connectivity index (χ0n) is 20.0. The number of ether oxygens (including phenoxy) is 2. The molecule has 5 nitrogen and oxygen atoms in total. The minimum Gasteiger partial charge on any atom is -0.493 e. The van der Waals surface area contributed by atoms with Crippen molar-refractivity contribution >= 4 is 16.9 Å². The summed E-state index contributed by atoms with van der Waals surface area (Å²) >= 11 is 0. The van der Waals surface area contributed by atoms with Crippen LogP contribution in [0.3, 0.4) is 0 Å². The number of hydrogen-bond acceptors (Lipinski definition) is 4. The second-order valence-corrected chi connectivity index (χ2v) is 9.35. The Labute approximate surface area is 201 Å². The first-order valence-electron chi connectivity index (χ1n) is 11.7. The van der Waals surface area contributed by atoms with Crippen molar-refractivity contribution in [2.45, 2.75) is 38.8 Å². The minimum atomic E-state index is -0.615. The Balaban J connectivity index is 1.63. The van der Waals surface area contributed by atoms with Crippen LogP contribution >= 0.6 is 0 Å². The lowest BCUT2D eigenvalue weighted by atomic mass is 9.97. The Morgan fingerprint density at radius 1 is 0.912 bits per heavy atom. The zero-order chi connectivity index (χ0) is 24.0. The summed E-state index contributed by atoms with van der Waals surface area (Å²) in [5, 5.41) is 4.49. The van der Waals surface area contributed by atoms with E-state index in [1.165, 1.54) is 0 Å². The van der Waals surface area contributed by atoms with E-state index in [0.717, 1.165) is 40.7 Å². The summed E-state index contributed by atoms with van der Waals surface area (Å²) in [5.41, 5.74) is 3.31. The Morgan fingerprint density at radius 3 is 2.44 bits per heavy atom. The lowest BCUT2D eigenvalue weighted by Gasteiger charge is -2.23. The van der Waals surface area contributed by atoms with Gasteiger partial charge in [0, 0.05) is 33.8 Å². The topological polar surface area (TPSA) is 63.4 Å². The second-order valence-electron chi connectivity index (χ2n) is 9.35. The van der Waals surface area contributed by atoms with Crippen molar-refractivity contribution in [3.05, 3.63) is 102 Å². The summed E-state index contributed by atoms with van der Waals surface area (Å²) in [7, 11) is 0. The van der Waals surface area contributed by atoms with Gasteiger partial charge in [0.05, 0.1) is 12.2 Å². The molecule has 4 rings (SSSR count). The third-order valence-corrected chi connectivity index (χ3v) is 5.58. The van der Waals surface area contributed by atoms with Crippen LogP contribution in [0.1, 0.15) is 54.8 Å². The highest BCUT2D eigenvalue weighted by atomic mass is 16.5. The number of H-pyrrole nitrogens is 1. The van der Waals surface area contributed by atoms with Gasteiger partial charge in [0.1, 0.15) is 5.75 Å². The molecule has 2 N–H and O–H groups in total. The molecule has 0 amide bonds. The molecule has 0 bridgehead atoms. The maximum Gasteiger partial charge on any atom is 0.339 e. The molecule has 1 unspecified atom stereocenters. The minimum absolute atomic E-state index is 0.0733. The van der Waals surface area contributed by atoms with Crippen LogP contribution in [0.4, 0.5) is 0 Å². The smallest absolute Gasteiger partial charge is 0.339 e. The Bertz CT molecular complexity index is 1220. The van der Waals surface area contributed by atoms with Crippen molar-refractivity contribution in [1.82, 2.24) is 10.3 Å². The van der Waals surface area contributed by atoms with E-state index >= 15 is 0 Å². The standard InChI is InChI=1S/C29H32N2O3/c1-29(2,3)31-18-10-20-33-26-16-8-7-13-24(26)27(34-28(32)21-11-5-4-6-12-21)23-14-9-15-25-22(23)17-19-30-25/h4-9,11-17,19,27,30-31H,10,18,20H2,1-3H3. The van der Waals surface area contributed by atoms with Crippen molar-refractivity contribution < 1.29 is 14.3 Å². The largest absolute Gasteiger partial charge is 0.493 e. The average Bonchev–Trinajstić information content (AvgIpc) is 3.32. The number of carbonyl (C=O) groups excluding carboxylic acids is 1. The van der Waals surface area contributed by atoms with Crippen LogP contribution in [0.2, 0.25) is 0 Å². The van der Waals surface area contributed by atoms with Crippen LogP contribution in [-0.2, 0) is 4.74 Å². The summed E-state index contributed by atoms with van der Waals surface area (Å²) in [4.78, 5) is 16.3. The number of benzene rings is 3. The fourth-order valence-electron chi connectivity index (χ4n) is 3.93. The molecule has 176 valence electrons. The molecule has 1 heterocycles. The van der Waals surface area contributed by atoms with E-state index in [9.17, 15) is 4.79 Å². The molecule has 1 atom stereocenters. The van der Waals surface area contributed by atoms with Gasteiger partial charge in [-0.25, -0.2) is 4.79 Å². The van der Waals surface area contributed by atoms with E-state index in [0.29, 0.717) is 12.2 Å². The van der Waals surface area contributed by atoms with E-state index < -0.39 is 6.10 Å². The molecule has 0 fully saturated rings. The third kappa shape index (κ3) is 5.86. The summed E-state index contributed by atoms with van der Waals surface area (Å²) in [6.07, 6.45) is 2.15. The number of rotatable bonds is 9. The molecule has 0 spiro atoms. The van der Waals surface area contributed by atoms with E-state index in [1.807, 2.05) is 72.9 Å². The van der Waals surface area contributed by atoms with Gasteiger partial charge in [-0.15, -0.1) is 0 Å². The molecular formula is C29H32N2O3. The molecule has 0 aliphatic carbocycles. The number of fused-ring (bicyclic) bond motifs is 1. The molecular weight excluding hydrogens is 424 g/mol. The van der Waals surface area contributed by atoms with Crippen molar-refractivity contribution in [2.24, 2.45) is 0 Å². The monoisotopic (exact) mass is 456 g/mol. The fraction of sp³-hybridized carbons (Fsp3) is 0.276. The van der Waals surface area contributed by atoms with Crippen molar-refractivity contribution in [3.63, 3.8) is 0 Å². The summed E-state index contributed by atoms with van der Waals surface area (Å²) in [6, 6.07) is 24.9. The van der Waals surface area contributed by atoms with Gasteiger partial charge in [-0.3, -0.25) is 0 Å². The molecule has 34 heavy (non-hydrogen) atoms. The Hall–Kier alpha value is -3.57. The van der Waals surface area contributed by atoms with Crippen LogP contribution in [0.5, 0.6) is 5.75 Å². The number of aromatic amines is 1. The van der Waals surface area contributed by atoms with Gasteiger partial charge in [-0.05, 0) is 64.1 Å². The molecule has 3 aromatic carbocycles. The Kier molecular flexibility index (Phi) is 7.33. The van der Waals surface area contributed by atoms with Crippen molar-refractivity contribution in [3.8, 4) is 5.75 Å². The van der Waals surface area contributed by atoms with Crippen LogP contribution in [0.25, 0.3) is 10.9 Å². The molecule has 0 radical (unpaired) electrons. The highest BCUT2D eigenvalue weighted by molar-refractivity contribution is 5.90. The summed E-state index contributed by atoms with van der Waals surface area (Å²) in [6.45, 7) is 7.87. The molecule has 0 aliphatic heterocycles. The molecule has 0 saturated heterocycles. The lowest BCUT2D eigenvalue weighted by molar-refractivity contribution is 0.0376. The van der Waals surface area contributed by atoms with Gasteiger partial charge >= 0.3 is 5.97 Å². The van der Waals surface area contributed by atoms with Gasteiger partial charge in [-0.2, -0.15) is 0 Å². The molecule has 4 aromatic rings. The van der Waals surface area contributed by atoms with Gasteiger partial charge in [0.2, 0.25) is 0 Å². The predicted molar refractivity (Wildman–Crippen MR) is 136 cm³/mol. The maximum absolute atomic E-state index is 13.1. The van der Waals surface area contributed by atoms with Crippen molar-refractivity contribution in [1.29, 1.82) is 0 Å². The molecule has 1 aromatic heterocycles. The first-order chi connectivity index (χ1) is 16.4. The summed E-state index contributed by atoms with van der Waals surface area (Å²) in [5.74, 6) is 0.346. The van der Waals surface area contributed by atoms with E-state index in [2.05, 4.69) is 31.1 Å². The fourth-order valence-corrected chi connectivity index (χ4v) is 3.93. The molecule has 5 heteroatoms. The number of nitrogens with one attached hydrogen (secondary N) is 2. The summed E-state index contributed by atoms with van der Waals surface area (Å²) < 4.78 is 12.3. The number of aromatic nitrogens is 1. The van der Waals surface area contributed by atoms with Gasteiger partial charge in [0.15, 0.2) is 6.10 Å². The van der Waals surface area contributed by atoms with Crippen LogP contribution in [0, 0.1) is 0 Å². The van der Waals surface area contributed by atoms with Crippen LogP contribution in [-0.4, -0.2) is 29.6 Å². The van der Waals surface area contributed by atoms with Crippen LogP contribution in [0.15, 0.2) is 85.1 Å². The first kappa shape index (κ1) is 23.6. The zero-order valence-corrected chi connectivity index (χ0v) is 20.0. The van der Waals surface area contributed by atoms with Gasteiger partial charge in [0.25, 0.3) is 0 Å².